The van der Waals surface area contributed by atoms with Crippen LogP contribution in [0.15, 0.2) is 24.3 Å². The average Bonchev–Trinajstić information content (AvgIpc) is 3.32. The Bertz CT molecular complexity index is 927. The van der Waals surface area contributed by atoms with Crippen LogP contribution in [0.2, 0.25) is 0 Å². The monoisotopic (exact) mass is 408 g/mol. The summed E-state index contributed by atoms with van der Waals surface area (Å²) in [6, 6.07) is 7.80. The lowest BCUT2D eigenvalue weighted by molar-refractivity contribution is -0.141. The molecule has 7 heteroatoms. The number of imide groups is 1. The number of aromatic amines is 1. The fourth-order valence-corrected chi connectivity index (χ4v) is 5.45. The molecule has 158 valence electrons. The van der Waals surface area contributed by atoms with Gasteiger partial charge in [-0.3, -0.25) is 19.3 Å². The minimum Gasteiger partial charge on any atom is -0.340 e. The van der Waals surface area contributed by atoms with E-state index in [9.17, 15) is 14.4 Å². The Morgan fingerprint density at radius 2 is 1.70 bits per heavy atom. The second-order valence-electron chi connectivity index (χ2n) is 8.81. The van der Waals surface area contributed by atoms with E-state index in [1.54, 1.807) is 0 Å². The summed E-state index contributed by atoms with van der Waals surface area (Å²) in [5.41, 5.74) is 1.88. The molecule has 3 atom stereocenters. The Labute approximate surface area is 175 Å². The smallest absolute Gasteiger partial charge is 0.233 e. The molecule has 2 aliphatic heterocycles. The number of likely N-dealkylation sites (tertiary alicyclic amines) is 2. The number of fused-ring (bicyclic) bond motifs is 2. The van der Waals surface area contributed by atoms with Crippen molar-refractivity contribution < 1.29 is 14.4 Å². The molecule has 2 aromatic rings. The number of nitrogens with one attached hydrogen (secondary N) is 1. The van der Waals surface area contributed by atoms with Gasteiger partial charge >= 0.3 is 0 Å². The first-order chi connectivity index (χ1) is 14.6. The van der Waals surface area contributed by atoms with Gasteiger partial charge in [-0.25, -0.2) is 4.98 Å². The third-order valence-corrected chi connectivity index (χ3v) is 7.03. The van der Waals surface area contributed by atoms with Crippen molar-refractivity contribution in [2.45, 2.75) is 57.4 Å². The zero-order valence-corrected chi connectivity index (χ0v) is 17.2. The first kappa shape index (κ1) is 19.3. The number of carbonyl (C=O) groups is 3. The van der Waals surface area contributed by atoms with Crippen molar-refractivity contribution in [3.8, 4) is 0 Å². The van der Waals surface area contributed by atoms with Crippen LogP contribution in [0, 0.1) is 11.8 Å². The van der Waals surface area contributed by atoms with Gasteiger partial charge in [-0.1, -0.05) is 25.0 Å². The summed E-state index contributed by atoms with van der Waals surface area (Å²) < 4.78 is 0. The average molecular weight is 409 g/mol. The van der Waals surface area contributed by atoms with Crippen LogP contribution in [-0.2, 0) is 14.4 Å². The predicted molar refractivity (Wildman–Crippen MR) is 111 cm³/mol. The van der Waals surface area contributed by atoms with E-state index >= 15 is 0 Å². The van der Waals surface area contributed by atoms with Crippen LogP contribution in [0.4, 0.5) is 0 Å². The summed E-state index contributed by atoms with van der Waals surface area (Å²) in [4.78, 5) is 49.8. The molecule has 3 fully saturated rings. The van der Waals surface area contributed by atoms with Gasteiger partial charge in [0.15, 0.2) is 0 Å². The third kappa shape index (κ3) is 3.30. The number of para-hydroxylation sites is 2. The molecule has 2 saturated heterocycles. The van der Waals surface area contributed by atoms with Gasteiger partial charge in [0, 0.05) is 19.5 Å². The topological polar surface area (TPSA) is 86.4 Å². The van der Waals surface area contributed by atoms with Gasteiger partial charge in [0.1, 0.15) is 5.82 Å². The number of hydrogen-bond donors (Lipinski definition) is 1. The third-order valence-electron chi connectivity index (χ3n) is 7.03. The minimum atomic E-state index is -0.153. The number of hydrogen-bond acceptors (Lipinski definition) is 4. The van der Waals surface area contributed by atoms with Gasteiger partial charge in [0.05, 0.1) is 28.9 Å². The van der Waals surface area contributed by atoms with E-state index in [2.05, 4.69) is 4.98 Å². The normalized spacial score (nSPS) is 27.0. The zero-order chi connectivity index (χ0) is 20.7. The van der Waals surface area contributed by atoms with Crippen LogP contribution in [0.5, 0.6) is 0 Å². The molecule has 0 bridgehead atoms. The van der Waals surface area contributed by atoms with Crippen molar-refractivity contribution >= 4 is 28.8 Å². The minimum absolute atomic E-state index is 0.00405. The van der Waals surface area contributed by atoms with Crippen molar-refractivity contribution in [1.82, 2.24) is 19.8 Å². The molecule has 5 rings (SSSR count). The lowest BCUT2D eigenvalue weighted by atomic mass is 9.81. The molecule has 1 aromatic carbocycles. The summed E-state index contributed by atoms with van der Waals surface area (Å²) in [6.45, 7) is 0.889. The number of piperidine rings is 1. The first-order valence-corrected chi connectivity index (χ1v) is 11.2. The number of imidazole rings is 1. The summed E-state index contributed by atoms with van der Waals surface area (Å²) >= 11 is 0. The van der Waals surface area contributed by atoms with E-state index in [0.29, 0.717) is 6.54 Å². The van der Waals surface area contributed by atoms with Gasteiger partial charge in [-0.2, -0.15) is 0 Å². The molecule has 1 saturated carbocycles. The van der Waals surface area contributed by atoms with E-state index in [-0.39, 0.29) is 48.6 Å². The molecule has 1 aliphatic carbocycles. The second-order valence-corrected chi connectivity index (χ2v) is 8.81. The lowest BCUT2D eigenvalue weighted by Crippen LogP contribution is -2.41. The molecule has 0 spiro atoms. The van der Waals surface area contributed by atoms with Gasteiger partial charge in [-0.05, 0) is 44.2 Å². The number of aromatic nitrogens is 2. The van der Waals surface area contributed by atoms with E-state index in [4.69, 9.17) is 4.98 Å². The highest BCUT2D eigenvalue weighted by Gasteiger charge is 2.48. The molecule has 3 aliphatic rings. The van der Waals surface area contributed by atoms with Crippen molar-refractivity contribution in [1.29, 1.82) is 0 Å². The molecule has 30 heavy (non-hydrogen) atoms. The molecule has 7 nitrogen and oxygen atoms in total. The molecule has 0 radical (unpaired) electrons. The maximum Gasteiger partial charge on any atom is 0.233 e. The lowest BCUT2D eigenvalue weighted by Gasteiger charge is -2.35. The fraction of sp³-hybridized carbons (Fsp3) is 0.565. The van der Waals surface area contributed by atoms with Gasteiger partial charge in [0.25, 0.3) is 0 Å². The molecule has 1 N–H and O–H groups in total. The maximum absolute atomic E-state index is 13.1. The Morgan fingerprint density at radius 3 is 2.43 bits per heavy atom. The van der Waals surface area contributed by atoms with Crippen LogP contribution in [0.25, 0.3) is 11.0 Å². The number of nitrogens with zero attached hydrogens (tertiary/aromatic N) is 3. The predicted octanol–water partition coefficient (Wildman–Crippen LogP) is 3.18. The van der Waals surface area contributed by atoms with Crippen LogP contribution in [0.1, 0.15) is 63.2 Å². The van der Waals surface area contributed by atoms with E-state index < -0.39 is 0 Å². The zero-order valence-electron chi connectivity index (χ0n) is 17.2. The number of benzene rings is 1. The van der Waals surface area contributed by atoms with Gasteiger partial charge in [-0.15, -0.1) is 0 Å². The Hall–Kier alpha value is -2.70. The van der Waals surface area contributed by atoms with E-state index in [1.807, 2.05) is 29.2 Å². The van der Waals surface area contributed by atoms with Crippen LogP contribution >= 0.6 is 0 Å². The van der Waals surface area contributed by atoms with E-state index in [0.717, 1.165) is 61.8 Å². The fourth-order valence-electron chi connectivity index (χ4n) is 5.45. The SMILES string of the molecule is O=C1[C@H]2CCCC[C@H]2C(=O)N1CCC(=O)N1CCCC[C@H]1c1nc2ccccc2[nH]1. The van der Waals surface area contributed by atoms with Gasteiger partial charge in [0.2, 0.25) is 17.7 Å². The molecule has 3 heterocycles. The van der Waals surface area contributed by atoms with Crippen LogP contribution < -0.4 is 0 Å². The summed E-state index contributed by atoms with van der Waals surface area (Å²) in [5, 5.41) is 0. The molecule has 0 unspecified atom stereocenters. The van der Waals surface area contributed by atoms with Gasteiger partial charge < -0.3 is 9.88 Å². The van der Waals surface area contributed by atoms with Crippen LogP contribution in [-0.4, -0.2) is 50.6 Å². The maximum atomic E-state index is 13.1. The van der Waals surface area contributed by atoms with Crippen molar-refractivity contribution in [2.24, 2.45) is 11.8 Å². The van der Waals surface area contributed by atoms with Crippen LogP contribution in [0.3, 0.4) is 0 Å². The van der Waals surface area contributed by atoms with Crippen molar-refractivity contribution in [3.63, 3.8) is 0 Å². The summed E-state index contributed by atoms with van der Waals surface area (Å²) in [5.74, 6) is 0.383. The van der Waals surface area contributed by atoms with Crippen molar-refractivity contribution in [2.75, 3.05) is 13.1 Å². The molecule has 1 aromatic heterocycles. The van der Waals surface area contributed by atoms with E-state index in [1.165, 1.54) is 4.90 Å². The Kier molecular flexibility index (Phi) is 5.05. The Balaban J connectivity index is 1.28. The number of amides is 3. The highest BCUT2D eigenvalue weighted by molar-refractivity contribution is 6.05. The second kappa shape index (κ2) is 7.85. The first-order valence-electron chi connectivity index (χ1n) is 11.2. The Morgan fingerprint density at radius 1 is 1.00 bits per heavy atom. The molecular weight excluding hydrogens is 380 g/mol. The standard InChI is InChI=1S/C23H28N4O3/c28-20(12-14-27-22(29)15-7-1-2-8-16(15)23(27)30)26-13-6-5-11-19(26)21-24-17-9-3-4-10-18(17)25-21/h3-4,9-10,15-16,19H,1-2,5-8,11-14H2,(H,24,25)/t15-,16+,19-/m0/s1. The summed E-state index contributed by atoms with van der Waals surface area (Å²) in [7, 11) is 0. The highest BCUT2D eigenvalue weighted by Crippen LogP contribution is 2.38. The van der Waals surface area contributed by atoms with Crippen molar-refractivity contribution in [3.05, 3.63) is 30.1 Å². The highest BCUT2D eigenvalue weighted by atomic mass is 16.2. The number of rotatable bonds is 4. The molecular formula is C23H28N4O3. The largest absolute Gasteiger partial charge is 0.340 e. The summed E-state index contributed by atoms with van der Waals surface area (Å²) in [6.07, 6.45) is 6.72. The quantitative estimate of drug-likeness (QED) is 0.787. The molecule has 3 amide bonds. The number of H-pyrrole nitrogens is 1. The number of carbonyl (C=O) groups excluding carboxylic acids is 3.